The Kier molecular flexibility index (Phi) is 4.69. The van der Waals surface area contributed by atoms with Gasteiger partial charge >= 0.3 is 5.97 Å². The highest BCUT2D eigenvalue weighted by molar-refractivity contribution is 6.33. The zero-order valence-electron chi connectivity index (χ0n) is 9.34. The van der Waals surface area contributed by atoms with Gasteiger partial charge in [0.25, 0.3) is 6.43 Å². The largest absolute Gasteiger partial charge is 0.465 e. The van der Waals surface area contributed by atoms with E-state index in [1.807, 2.05) is 0 Å². The average molecular weight is 264 g/mol. The van der Waals surface area contributed by atoms with Gasteiger partial charge in [0, 0.05) is 5.69 Å². The first-order valence-electron chi connectivity index (χ1n) is 4.88. The minimum absolute atomic E-state index is 0.139. The third kappa shape index (κ3) is 3.56. The SMILES string of the molecule is COC(=O)c1cc(NC(C)C(F)F)ccc1Cl. The van der Waals surface area contributed by atoms with Gasteiger partial charge in [0.15, 0.2) is 0 Å². The lowest BCUT2D eigenvalue weighted by Gasteiger charge is -2.15. The number of benzene rings is 1. The number of alkyl halides is 2. The first-order chi connectivity index (χ1) is 7.95. The van der Waals surface area contributed by atoms with Crippen LogP contribution in [0.5, 0.6) is 0 Å². The lowest BCUT2D eigenvalue weighted by molar-refractivity contribution is 0.0601. The Labute approximate surface area is 103 Å². The molecule has 1 unspecified atom stereocenters. The van der Waals surface area contributed by atoms with Crippen molar-refractivity contribution in [3.05, 3.63) is 28.8 Å². The maximum Gasteiger partial charge on any atom is 0.339 e. The van der Waals surface area contributed by atoms with Crippen LogP contribution in [0.15, 0.2) is 18.2 Å². The van der Waals surface area contributed by atoms with E-state index in [4.69, 9.17) is 11.6 Å². The fraction of sp³-hybridized carbons (Fsp3) is 0.364. The summed E-state index contributed by atoms with van der Waals surface area (Å²) in [7, 11) is 1.22. The third-order valence-electron chi connectivity index (χ3n) is 2.14. The summed E-state index contributed by atoms with van der Waals surface area (Å²) in [5.41, 5.74) is 0.531. The summed E-state index contributed by atoms with van der Waals surface area (Å²) < 4.78 is 29.2. The number of hydrogen-bond donors (Lipinski definition) is 1. The first kappa shape index (κ1) is 13.7. The topological polar surface area (TPSA) is 38.3 Å². The maximum atomic E-state index is 12.3. The molecule has 0 saturated carbocycles. The lowest BCUT2D eigenvalue weighted by Crippen LogP contribution is -2.23. The number of nitrogens with one attached hydrogen (secondary N) is 1. The van der Waals surface area contributed by atoms with Crippen molar-refractivity contribution in [2.24, 2.45) is 0 Å². The molecule has 0 fully saturated rings. The summed E-state index contributed by atoms with van der Waals surface area (Å²) in [6.45, 7) is 1.34. The van der Waals surface area contributed by atoms with E-state index in [2.05, 4.69) is 10.1 Å². The second-order valence-corrected chi connectivity index (χ2v) is 3.86. The molecule has 0 saturated heterocycles. The number of halogens is 3. The Morgan fingerprint density at radius 3 is 2.65 bits per heavy atom. The van der Waals surface area contributed by atoms with E-state index < -0.39 is 18.4 Å². The zero-order chi connectivity index (χ0) is 13.0. The molecular weight excluding hydrogens is 252 g/mol. The van der Waals surface area contributed by atoms with Gasteiger partial charge in [-0.2, -0.15) is 0 Å². The fourth-order valence-electron chi connectivity index (χ4n) is 1.21. The van der Waals surface area contributed by atoms with Crippen molar-refractivity contribution in [2.45, 2.75) is 19.4 Å². The van der Waals surface area contributed by atoms with Crippen molar-refractivity contribution in [3.63, 3.8) is 0 Å². The summed E-state index contributed by atoms with van der Waals surface area (Å²) >= 11 is 5.79. The van der Waals surface area contributed by atoms with Crippen LogP contribution in [0.25, 0.3) is 0 Å². The number of rotatable bonds is 4. The van der Waals surface area contributed by atoms with E-state index in [-0.39, 0.29) is 10.6 Å². The summed E-state index contributed by atoms with van der Waals surface area (Å²) in [6, 6.07) is 3.34. The van der Waals surface area contributed by atoms with Crippen LogP contribution in [0.2, 0.25) is 5.02 Å². The predicted molar refractivity (Wildman–Crippen MR) is 61.9 cm³/mol. The predicted octanol–water partition coefficient (Wildman–Crippen LogP) is 3.19. The van der Waals surface area contributed by atoms with Gasteiger partial charge in [-0.3, -0.25) is 0 Å². The Hall–Kier alpha value is -1.36. The van der Waals surface area contributed by atoms with Crippen molar-refractivity contribution >= 4 is 23.3 Å². The first-order valence-corrected chi connectivity index (χ1v) is 5.26. The molecule has 1 aromatic rings. The quantitative estimate of drug-likeness (QED) is 0.848. The van der Waals surface area contributed by atoms with E-state index in [9.17, 15) is 13.6 Å². The normalized spacial score (nSPS) is 12.4. The number of methoxy groups -OCH3 is 1. The average Bonchev–Trinajstić information content (AvgIpc) is 2.30. The third-order valence-corrected chi connectivity index (χ3v) is 2.47. The molecule has 6 heteroatoms. The summed E-state index contributed by atoms with van der Waals surface area (Å²) in [4.78, 5) is 11.3. The van der Waals surface area contributed by atoms with Crippen LogP contribution in [0.3, 0.4) is 0 Å². The van der Waals surface area contributed by atoms with Crippen LogP contribution in [0, 0.1) is 0 Å². The van der Waals surface area contributed by atoms with Crippen LogP contribution in [-0.2, 0) is 4.74 Å². The minimum Gasteiger partial charge on any atom is -0.465 e. The van der Waals surface area contributed by atoms with Crippen LogP contribution in [0.4, 0.5) is 14.5 Å². The summed E-state index contributed by atoms with van der Waals surface area (Å²) in [5, 5.41) is 2.79. The van der Waals surface area contributed by atoms with E-state index in [0.29, 0.717) is 5.69 Å². The summed E-state index contributed by atoms with van der Waals surface area (Å²) in [6.07, 6.45) is -2.49. The Bertz CT molecular complexity index is 412. The molecule has 0 bridgehead atoms. The zero-order valence-corrected chi connectivity index (χ0v) is 10.1. The highest BCUT2D eigenvalue weighted by atomic mass is 35.5. The molecule has 0 aliphatic rings. The lowest BCUT2D eigenvalue weighted by atomic mass is 10.2. The number of carbonyl (C=O) groups is 1. The van der Waals surface area contributed by atoms with E-state index >= 15 is 0 Å². The van der Waals surface area contributed by atoms with Crippen molar-refractivity contribution < 1.29 is 18.3 Å². The molecule has 94 valence electrons. The molecule has 1 atom stereocenters. The Morgan fingerprint density at radius 1 is 1.47 bits per heavy atom. The molecule has 0 radical (unpaired) electrons. The molecule has 0 heterocycles. The smallest absolute Gasteiger partial charge is 0.339 e. The highest BCUT2D eigenvalue weighted by Gasteiger charge is 2.16. The minimum atomic E-state index is -2.49. The monoisotopic (exact) mass is 263 g/mol. The number of carbonyl (C=O) groups excluding carboxylic acids is 1. The molecule has 0 aliphatic heterocycles. The van der Waals surface area contributed by atoms with E-state index in [1.54, 1.807) is 0 Å². The molecule has 0 aromatic heterocycles. The van der Waals surface area contributed by atoms with Crippen molar-refractivity contribution in [1.82, 2.24) is 0 Å². The molecule has 1 N–H and O–H groups in total. The Balaban J connectivity index is 2.93. The van der Waals surface area contributed by atoms with Crippen molar-refractivity contribution in [1.29, 1.82) is 0 Å². The van der Waals surface area contributed by atoms with Gasteiger partial charge in [-0.05, 0) is 25.1 Å². The van der Waals surface area contributed by atoms with Crippen LogP contribution >= 0.6 is 11.6 Å². The highest BCUT2D eigenvalue weighted by Crippen LogP contribution is 2.22. The van der Waals surface area contributed by atoms with Gasteiger partial charge in [-0.15, -0.1) is 0 Å². The fourth-order valence-corrected chi connectivity index (χ4v) is 1.40. The maximum absolute atomic E-state index is 12.3. The molecule has 3 nitrogen and oxygen atoms in total. The molecular formula is C11H12ClF2NO2. The van der Waals surface area contributed by atoms with Crippen molar-refractivity contribution in [2.75, 3.05) is 12.4 Å². The molecule has 1 aromatic carbocycles. The van der Waals surface area contributed by atoms with Crippen molar-refractivity contribution in [3.8, 4) is 0 Å². The number of hydrogen-bond acceptors (Lipinski definition) is 3. The van der Waals surface area contributed by atoms with E-state index in [0.717, 1.165) is 0 Å². The Morgan fingerprint density at radius 2 is 2.12 bits per heavy atom. The molecule has 0 amide bonds. The number of ether oxygens (including phenoxy) is 1. The van der Waals surface area contributed by atoms with Gasteiger partial charge in [0.1, 0.15) is 0 Å². The van der Waals surface area contributed by atoms with Gasteiger partial charge in [0.2, 0.25) is 0 Å². The summed E-state index contributed by atoms with van der Waals surface area (Å²) in [5.74, 6) is -0.608. The second kappa shape index (κ2) is 5.82. The molecule has 1 rings (SSSR count). The van der Waals surface area contributed by atoms with Crippen LogP contribution in [0.1, 0.15) is 17.3 Å². The number of esters is 1. The van der Waals surface area contributed by atoms with Crippen LogP contribution < -0.4 is 5.32 Å². The second-order valence-electron chi connectivity index (χ2n) is 3.45. The van der Waals surface area contributed by atoms with E-state index in [1.165, 1.54) is 32.2 Å². The molecule has 0 spiro atoms. The van der Waals surface area contributed by atoms with Gasteiger partial charge < -0.3 is 10.1 Å². The van der Waals surface area contributed by atoms with Gasteiger partial charge in [-0.1, -0.05) is 11.6 Å². The standard InChI is InChI=1S/C11H12ClF2NO2/c1-6(10(13)14)15-7-3-4-9(12)8(5-7)11(16)17-2/h3-6,10,15H,1-2H3. The van der Waals surface area contributed by atoms with Gasteiger partial charge in [0.05, 0.1) is 23.7 Å². The molecule has 17 heavy (non-hydrogen) atoms. The molecule has 0 aliphatic carbocycles. The number of anilines is 1. The van der Waals surface area contributed by atoms with Gasteiger partial charge in [-0.25, -0.2) is 13.6 Å². The van der Waals surface area contributed by atoms with Crippen LogP contribution in [-0.4, -0.2) is 25.5 Å².